The average molecular weight is 484 g/mol. The lowest BCUT2D eigenvalue weighted by atomic mass is 9.96. The van der Waals surface area contributed by atoms with Crippen molar-refractivity contribution < 1.29 is 27.2 Å². The first-order chi connectivity index (χ1) is 16.7. The Morgan fingerprint density at radius 3 is 2.46 bits per heavy atom. The molecule has 0 saturated carbocycles. The van der Waals surface area contributed by atoms with Crippen molar-refractivity contribution in [3.63, 3.8) is 0 Å². The Morgan fingerprint density at radius 2 is 1.71 bits per heavy atom. The minimum atomic E-state index is -4.84. The fourth-order valence-electron chi connectivity index (χ4n) is 4.22. The normalized spacial score (nSPS) is 13.3. The van der Waals surface area contributed by atoms with Crippen molar-refractivity contribution in [1.82, 2.24) is 10.2 Å². The van der Waals surface area contributed by atoms with E-state index in [2.05, 4.69) is 5.32 Å². The van der Waals surface area contributed by atoms with E-state index >= 15 is 0 Å². The van der Waals surface area contributed by atoms with E-state index in [1.165, 1.54) is 10.5 Å². The Labute approximate surface area is 200 Å². The number of rotatable bonds is 6. The molecule has 4 rings (SSSR count). The fraction of sp³-hybridized carbons (Fsp3) is 0.259. The molecule has 3 aromatic rings. The molecule has 0 radical (unpaired) electrons. The second-order valence-corrected chi connectivity index (χ2v) is 8.49. The molecule has 0 fully saturated rings. The number of nitrogens with zero attached hydrogens (tertiary/aromatic N) is 1. The number of amides is 2. The number of hydrogen-bond donors (Lipinski definition) is 1. The van der Waals surface area contributed by atoms with Crippen molar-refractivity contribution in [2.45, 2.75) is 32.0 Å². The van der Waals surface area contributed by atoms with E-state index in [9.17, 15) is 27.2 Å². The number of carbonyl (C=O) groups excluding carboxylic acids is 2. The third-order valence-corrected chi connectivity index (χ3v) is 6.06. The van der Waals surface area contributed by atoms with Crippen molar-refractivity contribution in [2.75, 3.05) is 13.1 Å². The highest BCUT2D eigenvalue weighted by atomic mass is 19.4. The van der Waals surface area contributed by atoms with Crippen molar-refractivity contribution in [3.05, 3.63) is 106 Å². The van der Waals surface area contributed by atoms with Gasteiger partial charge in [0, 0.05) is 25.2 Å². The number of nitrogens with one attached hydrogen (secondary N) is 1. The molecule has 1 aliphatic heterocycles. The van der Waals surface area contributed by atoms with Crippen molar-refractivity contribution in [2.24, 2.45) is 0 Å². The highest BCUT2D eigenvalue weighted by Crippen LogP contribution is 2.34. The topological polar surface area (TPSA) is 49.4 Å². The van der Waals surface area contributed by atoms with Gasteiger partial charge in [-0.15, -0.1) is 0 Å². The molecule has 0 atom stereocenters. The summed E-state index contributed by atoms with van der Waals surface area (Å²) in [6, 6.07) is 17.2. The van der Waals surface area contributed by atoms with Crippen LogP contribution in [0, 0.1) is 5.82 Å². The van der Waals surface area contributed by atoms with E-state index in [0.29, 0.717) is 24.6 Å². The van der Waals surface area contributed by atoms with Crippen LogP contribution in [0.5, 0.6) is 0 Å². The predicted octanol–water partition coefficient (Wildman–Crippen LogP) is 5.41. The smallest absolute Gasteiger partial charge is 0.352 e. The molecule has 8 heteroatoms. The molecule has 1 N–H and O–H groups in total. The van der Waals surface area contributed by atoms with Gasteiger partial charge in [0.25, 0.3) is 11.8 Å². The van der Waals surface area contributed by atoms with Crippen LogP contribution in [0.1, 0.15) is 49.4 Å². The first kappa shape index (κ1) is 24.4. The van der Waals surface area contributed by atoms with Gasteiger partial charge in [-0.2, -0.15) is 13.2 Å². The first-order valence-corrected chi connectivity index (χ1v) is 11.3. The lowest BCUT2D eigenvalue weighted by Gasteiger charge is -2.30. The van der Waals surface area contributed by atoms with E-state index in [1.54, 1.807) is 18.2 Å². The van der Waals surface area contributed by atoms with Gasteiger partial charge in [0.05, 0.1) is 11.1 Å². The lowest BCUT2D eigenvalue weighted by molar-refractivity contribution is -0.138. The Balaban J connectivity index is 1.38. The summed E-state index contributed by atoms with van der Waals surface area (Å²) < 4.78 is 53.4. The third-order valence-electron chi connectivity index (χ3n) is 6.06. The molecule has 1 heterocycles. The van der Waals surface area contributed by atoms with E-state index in [-0.39, 0.29) is 19.0 Å². The third kappa shape index (κ3) is 5.88. The lowest BCUT2D eigenvalue weighted by Crippen LogP contribution is -2.37. The highest BCUT2D eigenvalue weighted by Gasteiger charge is 2.37. The highest BCUT2D eigenvalue weighted by molar-refractivity contribution is 5.96. The van der Waals surface area contributed by atoms with Gasteiger partial charge < -0.3 is 10.2 Å². The summed E-state index contributed by atoms with van der Waals surface area (Å²) in [6.45, 7) is 0.844. The monoisotopic (exact) mass is 484 g/mol. The van der Waals surface area contributed by atoms with E-state index in [0.717, 1.165) is 36.1 Å². The molecule has 2 amide bonds. The maximum absolute atomic E-state index is 13.4. The predicted molar refractivity (Wildman–Crippen MR) is 123 cm³/mol. The minimum Gasteiger partial charge on any atom is -0.352 e. The van der Waals surface area contributed by atoms with Crippen LogP contribution in [0.25, 0.3) is 0 Å². The molecule has 0 unspecified atom stereocenters. The summed E-state index contributed by atoms with van der Waals surface area (Å²) in [5, 5.41) is 2.91. The van der Waals surface area contributed by atoms with Crippen LogP contribution in [-0.4, -0.2) is 29.8 Å². The Hall–Kier alpha value is -3.68. The van der Waals surface area contributed by atoms with Gasteiger partial charge in [0.1, 0.15) is 5.82 Å². The summed E-state index contributed by atoms with van der Waals surface area (Å²) >= 11 is 0. The average Bonchev–Trinajstić information content (AvgIpc) is 2.85. The maximum Gasteiger partial charge on any atom is 0.417 e. The molecule has 0 aromatic heterocycles. The first-order valence-electron chi connectivity index (χ1n) is 11.3. The van der Waals surface area contributed by atoms with E-state index in [4.69, 9.17) is 0 Å². The molecule has 182 valence electrons. The van der Waals surface area contributed by atoms with E-state index in [1.807, 2.05) is 30.3 Å². The zero-order chi connectivity index (χ0) is 25.0. The number of halogens is 4. The molecule has 0 spiro atoms. The maximum atomic E-state index is 13.4. The van der Waals surface area contributed by atoms with Gasteiger partial charge in [0.15, 0.2) is 0 Å². The largest absolute Gasteiger partial charge is 0.417 e. The van der Waals surface area contributed by atoms with Crippen LogP contribution in [0.15, 0.2) is 66.7 Å². The van der Waals surface area contributed by atoms with Gasteiger partial charge in [-0.05, 0) is 66.3 Å². The summed E-state index contributed by atoms with van der Waals surface area (Å²) in [4.78, 5) is 26.7. The van der Waals surface area contributed by atoms with Gasteiger partial charge in [0.2, 0.25) is 0 Å². The second-order valence-electron chi connectivity index (χ2n) is 8.49. The number of fused-ring (bicyclic) bond motifs is 1. The fourth-order valence-corrected chi connectivity index (χ4v) is 4.22. The number of hydrogen-bond acceptors (Lipinski definition) is 2. The number of carbonyl (C=O) groups is 2. The standard InChI is InChI=1S/C27H24F4N2O2/c28-22-10-11-23(24(16-22)27(29,30)31)26(35)33-14-12-19-15-20(8-9-21(19)17-33)25(34)32-13-4-7-18-5-2-1-3-6-18/h1-3,5-6,8-11,15-16H,4,7,12-14,17H2,(H,32,34). The quantitative estimate of drug-likeness (QED) is 0.376. The Bertz CT molecular complexity index is 1230. The molecular formula is C27H24F4N2O2. The summed E-state index contributed by atoms with van der Waals surface area (Å²) in [6.07, 6.45) is -2.77. The Morgan fingerprint density at radius 1 is 0.943 bits per heavy atom. The summed E-state index contributed by atoms with van der Waals surface area (Å²) in [5.74, 6) is -2.05. The molecule has 4 nitrogen and oxygen atoms in total. The van der Waals surface area contributed by atoms with Gasteiger partial charge in [-0.1, -0.05) is 36.4 Å². The molecule has 0 bridgehead atoms. The van der Waals surface area contributed by atoms with Crippen LogP contribution in [0.2, 0.25) is 0 Å². The Kier molecular flexibility index (Phi) is 7.19. The van der Waals surface area contributed by atoms with Crippen molar-refractivity contribution >= 4 is 11.8 Å². The second kappa shape index (κ2) is 10.3. The van der Waals surface area contributed by atoms with Crippen LogP contribution in [0.4, 0.5) is 17.6 Å². The summed E-state index contributed by atoms with van der Waals surface area (Å²) in [7, 11) is 0. The van der Waals surface area contributed by atoms with Crippen LogP contribution in [-0.2, 0) is 25.6 Å². The van der Waals surface area contributed by atoms with Crippen molar-refractivity contribution in [1.29, 1.82) is 0 Å². The van der Waals surface area contributed by atoms with Gasteiger partial charge >= 0.3 is 6.18 Å². The SMILES string of the molecule is O=C(NCCCc1ccccc1)c1ccc2c(c1)CCN(C(=O)c1ccc(F)cc1C(F)(F)F)C2. The molecular weight excluding hydrogens is 460 g/mol. The zero-order valence-corrected chi connectivity index (χ0v) is 18.9. The molecule has 0 aliphatic carbocycles. The minimum absolute atomic E-state index is 0.113. The van der Waals surface area contributed by atoms with Crippen LogP contribution < -0.4 is 5.32 Å². The van der Waals surface area contributed by atoms with Crippen molar-refractivity contribution in [3.8, 4) is 0 Å². The van der Waals surface area contributed by atoms with Gasteiger partial charge in [-0.25, -0.2) is 4.39 Å². The van der Waals surface area contributed by atoms with Gasteiger partial charge in [-0.3, -0.25) is 9.59 Å². The number of benzene rings is 3. The molecule has 3 aromatic carbocycles. The molecule has 35 heavy (non-hydrogen) atoms. The summed E-state index contributed by atoms with van der Waals surface area (Å²) in [5.41, 5.74) is 1.49. The number of aryl methyl sites for hydroxylation is 1. The van der Waals surface area contributed by atoms with Crippen LogP contribution in [0.3, 0.4) is 0 Å². The van der Waals surface area contributed by atoms with E-state index < -0.39 is 29.0 Å². The molecule has 0 saturated heterocycles. The number of alkyl halides is 3. The van der Waals surface area contributed by atoms with Crippen LogP contribution >= 0.6 is 0 Å². The molecule has 1 aliphatic rings. The zero-order valence-electron chi connectivity index (χ0n) is 18.9.